The second kappa shape index (κ2) is 7.17. The van der Waals surface area contributed by atoms with Gasteiger partial charge in [-0.2, -0.15) is 0 Å². The van der Waals surface area contributed by atoms with E-state index in [0.29, 0.717) is 21.3 Å². The van der Waals surface area contributed by atoms with Crippen molar-refractivity contribution < 1.29 is 8.60 Å². The Hall–Kier alpha value is -2.64. The number of aryl methyl sites for hydroxylation is 1. The summed E-state index contributed by atoms with van der Waals surface area (Å²) in [7, 11) is -1.52. The standard InChI is InChI=1S/C20H15FN2O2S2/c1-12-9-16-18(24)22-20(23-19(16)26-12)27(25)11-13-5-4-6-14(10-13)15-7-2-3-8-17(15)21/h2-10H,11H2,1H3,(H,22,23,24). The van der Waals surface area contributed by atoms with E-state index in [9.17, 15) is 13.4 Å². The molecule has 0 saturated heterocycles. The van der Waals surface area contributed by atoms with Gasteiger partial charge in [0.15, 0.2) is 0 Å². The van der Waals surface area contributed by atoms with Crippen LogP contribution in [0, 0.1) is 12.7 Å². The topological polar surface area (TPSA) is 62.8 Å². The molecule has 0 bridgehead atoms. The maximum absolute atomic E-state index is 14.0. The number of halogens is 1. The molecule has 0 saturated carbocycles. The van der Waals surface area contributed by atoms with E-state index in [1.54, 1.807) is 30.3 Å². The van der Waals surface area contributed by atoms with Crippen molar-refractivity contribution in [2.24, 2.45) is 0 Å². The number of H-pyrrole nitrogens is 1. The fourth-order valence-electron chi connectivity index (χ4n) is 2.88. The maximum atomic E-state index is 14.0. The van der Waals surface area contributed by atoms with Crippen LogP contribution in [0.3, 0.4) is 0 Å². The van der Waals surface area contributed by atoms with E-state index in [-0.39, 0.29) is 22.3 Å². The summed E-state index contributed by atoms with van der Waals surface area (Å²) in [5, 5.41) is 0.672. The van der Waals surface area contributed by atoms with Gasteiger partial charge >= 0.3 is 0 Å². The first-order valence-corrected chi connectivity index (χ1v) is 10.4. The second-order valence-corrected chi connectivity index (χ2v) is 8.72. The highest BCUT2D eigenvalue weighted by Crippen LogP contribution is 2.25. The first-order valence-electron chi connectivity index (χ1n) is 8.24. The third-order valence-corrected chi connectivity index (χ3v) is 6.29. The lowest BCUT2D eigenvalue weighted by Gasteiger charge is -2.07. The van der Waals surface area contributed by atoms with Crippen LogP contribution in [-0.4, -0.2) is 14.2 Å². The molecule has 0 aliphatic heterocycles. The summed E-state index contributed by atoms with van der Waals surface area (Å²) in [6.07, 6.45) is 0. The maximum Gasteiger partial charge on any atom is 0.260 e. The third-order valence-electron chi connectivity index (χ3n) is 4.13. The van der Waals surface area contributed by atoms with Gasteiger partial charge in [-0.15, -0.1) is 11.3 Å². The van der Waals surface area contributed by atoms with Gasteiger partial charge in [0.25, 0.3) is 5.56 Å². The van der Waals surface area contributed by atoms with Gasteiger partial charge in [-0.05, 0) is 30.2 Å². The number of aromatic nitrogens is 2. The third kappa shape index (κ3) is 3.61. The van der Waals surface area contributed by atoms with Gasteiger partial charge in [-0.25, -0.2) is 9.37 Å². The van der Waals surface area contributed by atoms with Gasteiger partial charge in [0.05, 0.1) is 21.9 Å². The van der Waals surface area contributed by atoms with Crippen LogP contribution in [0.15, 0.2) is 64.5 Å². The quantitative estimate of drug-likeness (QED) is 0.518. The molecule has 136 valence electrons. The monoisotopic (exact) mass is 398 g/mol. The lowest BCUT2D eigenvalue weighted by Crippen LogP contribution is -2.12. The van der Waals surface area contributed by atoms with Crippen molar-refractivity contribution >= 4 is 32.4 Å². The van der Waals surface area contributed by atoms with Gasteiger partial charge in [-0.3, -0.25) is 14.0 Å². The van der Waals surface area contributed by atoms with Crippen molar-refractivity contribution in [3.63, 3.8) is 0 Å². The fourth-order valence-corrected chi connectivity index (χ4v) is 4.84. The molecule has 4 rings (SSSR count). The molecule has 0 amide bonds. The summed E-state index contributed by atoms with van der Waals surface area (Å²) in [6.45, 7) is 1.90. The summed E-state index contributed by atoms with van der Waals surface area (Å²) in [6, 6.07) is 15.6. The van der Waals surface area contributed by atoms with Gasteiger partial charge in [0.1, 0.15) is 10.6 Å². The molecule has 1 atom stereocenters. The second-order valence-electron chi connectivity index (χ2n) is 6.12. The average molecular weight is 398 g/mol. The molecule has 4 aromatic rings. The Kier molecular flexibility index (Phi) is 4.72. The molecule has 1 unspecified atom stereocenters. The Morgan fingerprint density at radius 3 is 2.78 bits per heavy atom. The minimum Gasteiger partial charge on any atom is -0.299 e. The van der Waals surface area contributed by atoms with E-state index in [4.69, 9.17) is 0 Å². The number of aromatic amines is 1. The lowest BCUT2D eigenvalue weighted by molar-refractivity contribution is 0.631. The minimum absolute atomic E-state index is 0.158. The average Bonchev–Trinajstić information content (AvgIpc) is 3.03. The highest BCUT2D eigenvalue weighted by molar-refractivity contribution is 7.84. The number of nitrogens with zero attached hydrogens (tertiary/aromatic N) is 1. The normalized spacial score (nSPS) is 12.4. The van der Waals surface area contributed by atoms with Crippen molar-refractivity contribution in [2.45, 2.75) is 17.8 Å². The molecule has 27 heavy (non-hydrogen) atoms. The van der Waals surface area contributed by atoms with Gasteiger partial charge < -0.3 is 0 Å². The van der Waals surface area contributed by atoms with E-state index in [2.05, 4.69) is 9.97 Å². The zero-order valence-corrected chi connectivity index (χ0v) is 16.0. The van der Waals surface area contributed by atoms with Crippen LogP contribution in [0.5, 0.6) is 0 Å². The Morgan fingerprint density at radius 1 is 1.15 bits per heavy atom. The first-order chi connectivity index (χ1) is 13.0. The summed E-state index contributed by atoms with van der Waals surface area (Å²) < 4.78 is 26.8. The van der Waals surface area contributed by atoms with Crippen LogP contribution in [-0.2, 0) is 16.6 Å². The molecular formula is C20H15FN2O2S2. The molecule has 1 N–H and O–H groups in total. The van der Waals surface area contributed by atoms with Crippen molar-refractivity contribution in [2.75, 3.05) is 0 Å². The summed E-state index contributed by atoms with van der Waals surface area (Å²) in [4.78, 5) is 20.7. The van der Waals surface area contributed by atoms with Gasteiger partial charge in [0, 0.05) is 10.4 Å². The van der Waals surface area contributed by atoms with Crippen LogP contribution >= 0.6 is 11.3 Å². The van der Waals surface area contributed by atoms with E-state index in [1.807, 2.05) is 25.1 Å². The number of hydrogen-bond acceptors (Lipinski definition) is 4. The summed E-state index contributed by atoms with van der Waals surface area (Å²) in [5.41, 5.74) is 1.70. The highest BCUT2D eigenvalue weighted by Gasteiger charge is 2.13. The molecule has 2 heterocycles. The summed E-state index contributed by atoms with van der Waals surface area (Å²) in [5.74, 6) is -0.124. The predicted octanol–water partition coefficient (Wildman–Crippen LogP) is 4.41. The Balaban J connectivity index is 1.65. The molecule has 0 fully saturated rings. The van der Waals surface area contributed by atoms with E-state index >= 15 is 0 Å². The Labute approximate surface area is 161 Å². The lowest BCUT2D eigenvalue weighted by atomic mass is 10.0. The first kappa shape index (κ1) is 17.8. The number of hydrogen-bond donors (Lipinski definition) is 1. The number of benzene rings is 2. The minimum atomic E-state index is -1.52. The largest absolute Gasteiger partial charge is 0.299 e. The zero-order chi connectivity index (χ0) is 19.0. The molecule has 0 radical (unpaired) electrons. The van der Waals surface area contributed by atoms with E-state index in [0.717, 1.165) is 10.4 Å². The van der Waals surface area contributed by atoms with Crippen LogP contribution < -0.4 is 5.56 Å². The molecule has 2 aromatic heterocycles. The molecule has 4 nitrogen and oxygen atoms in total. The van der Waals surface area contributed by atoms with Crippen LogP contribution in [0.2, 0.25) is 0 Å². The van der Waals surface area contributed by atoms with E-state index in [1.165, 1.54) is 17.4 Å². The van der Waals surface area contributed by atoms with Crippen molar-refractivity contribution in [1.82, 2.24) is 9.97 Å². The van der Waals surface area contributed by atoms with Gasteiger partial charge in [-0.1, -0.05) is 42.5 Å². The summed E-state index contributed by atoms with van der Waals surface area (Å²) >= 11 is 1.40. The zero-order valence-electron chi connectivity index (χ0n) is 14.4. The van der Waals surface area contributed by atoms with E-state index < -0.39 is 10.8 Å². The molecule has 7 heteroatoms. The van der Waals surface area contributed by atoms with Crippen molar-refractivity contribution in [1.29, 1.82) is 0 Å². The highest BCUT2D eigenvalue weighted by atomic mass is 32.2. The number of fused-ring (bicyclic) bond motifs is 1. The Bertz CT molecular complexity index is 1230. The SMILES string of the molecule is Cc1cc2c(=O)[nH]c(S(=O)Cc3cccc(-c4ccccc4F)c3)nc2s1. The number of nitrogens with one attached hydrogen (secondary N) is 1. The molecular weight excluding hydrogens is 383 g/mol. The van der Waals surface area contributed by atoms with Crippen molar-refractivity contribution in [3.8, 4) is 11.1 Å². The molecule has 2 aromatic carbocycles. The van der Waals surface area contributed by atoms with Crippen molar-refractivity contribution in [3.05, 3.63) is 81.2 Å². The molecule has 0 spiro atoms. The molecule has 0 aliphatic carbocycles. The van der Waals surface area contributed by atoms with Gasteiger partial charge in [0.2, 0.25) is 5.16 Å². The van der Waals surface area contributed by atoms with Crippen LogP contribution in [0.25, 0.3) is 21.3 Å². The predicted molar refractivity (Wildman–Crippen MR) is 107 cm³/mol. The fraction of sp³-hybridized carbons (Fsp3) is 0.100. The number of rotatable bonds is 4. The number of thiophene rings is 1. The Morgan fingerprint density at radius 2 is 1.96 bits per heavy atom. The van der Waals surface area contributed by atoms with Crippen LogP contribution in [0.1, 0.15) is 10.4 Å². The smallest absolute Gasteiger partial charge is 0.260 e. The van der Waals surface area contributed by atoms with Crippen LogP contribution in [0.4, 0.5) is 4.39 Å². The molecule has 0 aliphatic rings.